The maximum absolute atomic E-state index is 12.2. The summed E-state index contributed by atoms with van der Waals surface area (Å²) >= 11 is 2.25. The van der Waals surface area contributed by atoms with Crippen LogP contribution in [0.4, 0.5) is 5.69 Å². The summed E-state index contributed by atoms with van der Waals surface area (Å²) < 4.78 is 3.09. The lowest BCUT2D eigenvalue weighted by Gasteiger charge is -2.31. The lowest BCUT2D eigenvalue weighted by atomic mass is 10.0. The van der Waals surface area contributed by atoms with Crippen LogP contribution in [0.1, 0.15) is 43.0 Å². The summed E-state index contributed by atoms with van der Waals surface area (Å²) in [5.41, 5.74) is 2.84. The van der Waals surface area contributed by atoms with Gasteiger partial charge in [0.15, 0.2) is 0 Å². The minimum absolute atomic E-state index is 0.246. The van der Waals surface area contributed by atoms with Gasteiger partial charge in [0.05, 0.1) is 15.8 Å². The Balaban J connectivity index is 1.34. The largest absolute Gasteiger partial charge is 0.385 e. The summed E-state index contributed by atoms with van der Waals surface area (Å²) in [5, 5.41) is 20.9. The highest BCUT2D eigenvalue weighted by molar-refractivity contribution is 14.1. The zero-order chi connectivity index (χ0) is 20.4. The highest BCUT2D eigenvalue weighted by Gasteiger charge is 2.40. The van der Waals surface area contributed by atoms with Crippen LogP contribution in [0.5, 0.6) is 0 Å². The Kier molecular flexibility index (Phi) is 6.16. The summed E-state index contributed by atoms with van der Waals surface area (Å²) in [7, 11) is 0. The molecule has 0 aliphatic carbocycles. The second kappa shape index (κ2) is 8.80. The van der Waals surface area contributed by atoms with Crippen molar-refractivity contribution >= 4 is 40.1 Å². The molecule has 1 aromatic carbocycles. The number of imide groups is 1. The minimum Gasteiger partial charge on any atom is -0.385 e. The highest BCUT2D eigenvalue weighted by Crippen LogP contribution is 2.38. The van der Waals surface area contributed by atoms with Crippen molar-refractivity contribution in [2.24, 2.45) is 0 Å². The number of rotatable bonds is 7. The third-order valence-corrected chi connectivity index (χ3v) is 6.04. The number of halogens is 1. The molecule has 0 spiro atoms. The van der Waals surface area contributed by atoms with Crippen molar-refractivity contribution in [3.63, 3.8) is 0 Å². The molecule has 3 N–H and O–H groups in total. The molecule has 154 valence electrons. The van der Waals surface area contributed by atoms with E-state index in [1.165, 1.54) is 0 Å². The zero-order valence-corrected chi connectivity index (χ0v) is 18.1. The first-order chi connectivity index (χ1) is 14.0. The number of unbranched alkanes of at least 4 members (excludes halogenated alkanes) is 1. The number of aliphatic hydroxyl groups is 1. The van der Waals surface area contributed by atoms with E-state index in [0.29, 0.717) is 19.4 Å². The van der Waals surface area contributed by atoms with Gasteiger partial charge in [0.1, 0.15) is 6.23 Å². The van der Waals surface area contributed by atoms with E-state index in [1.54, 1.807) is 4.90 Å². The molecule has 2 unspecified atom stereocenters. The maximum atomic E-state index is 12.2. The predicted octanol–water partition coefficient (Wildman–Crippen LogP) is 1.99. The molecule has 2 atom stereocenters. The normalized spacial score (nSPS) is 21.9. The number of piperidine rings is 1. The third kappa shape index (κ3) is 4.46. The highest BCUT2D eigenvalue weighted by atomic mass is 127. The van der Waals surface area contributed by atoms with Crippen LogP contribution >= 0.6 is 22.6 Å². The third-order valence-electron chi connectivity index (χ3n) is 5.49. The van der Waals surface area contributed by atoms with E-state index >= 15 is 0 Å². The first kappa shape index (κ1) is 20.3. The van der Waals surface area contributed by atoms with E-state index in [0.717, 1.165) is 46.3 Å². The summed E-state index contributed by atoms with van der Waals surface area (Å²) in [5.74, 6) is -0.569. The van der Waals surface area contributed by atoms with Gasteiger partial charge in [-0.05, 0) is 53.5 Å². The fraction of sp³-hybridized carbons (Fsp3) is 0.450. The van der Waals surface area contributed by atoms with Gasteiger partial charge in [0, 0.05) is 43.5 Å². The van der Waals surface area contributed by atoms with E-state index < -0.39 is 12.3 Å². The van der Waals surface area contributed by atoms with Gasteiger partial charge in [0.2, 0.25) is 11.8 Å². The second-order valence-electron chi connectivity index (χ2n) is 7.44. The number of hydrogen-bond donors (Lipinski definition) is 3. The van der Waals surface area contributed by atoms with Crippen molar-refractivity contribution in [2.75, 3.05) is 11.9 Å². The van der Waals surface area contributed by atoms with Gasteiger partial charge >= 0.3 is 0 Å². The van der Waals surface area contributed by atoms with Crippen LogP contribution in [0.15, 0.2) is 30.6 Å². The molecular formula is C20H24IN5O3. The molecule has 1 aromatic heterocycles. The summed E-state index contributed by atoms with van der Waals surface area (Å²) in [6, 6.07) is 5.34. The Morgan fingerprint density at radius 2 is 2.17 bits per heavy atom. The van der Waals surface area contributed by atoms with E-state index in [1.807, 2.05) is 35.3 Å². The van der Waals surface area contributed by atoms with Crippen molar-refractivity contribution in [3.05, 3.63) is 45.3 Å². The fourth-order valence-electron chi connectivity index (χ4n) is 4.00. The average Bonchev–Trinajstić information content (AvgIpc) is 3.25. The Bertz CT molecular complexity index is 915. The molecule has 2 aliphatic heterocycles. The number of hydrogen-bond acceptors (Lipinski definition) is 6. The monoisotopic (exact) mass is 509 g/mol. The van der Waals surface area contributed by atoms with E-state index in [9.17, 15) is 14.7 Å². The number of anilines is 1. The lowest BCUT2D eigenvalue weighted by Crippen LogP contribution is -2.51. The fourth-order valence-corrected chi connectivity index (χ4v) is 4.44. The molecule has 0 bridgehead atoms. The average molecular weight is 509 g/mol. The first-order valence-electron chi connectivity index (χ1n) is 9.84. The van der Waals surface area contributed by atoms with Crippen LogP contribution in [0.2, 0.25) is 0 Å². The molecule has 9 heteroatoms. The molecule has 8 nitrogen and oxygen atoms in total. The van der Waals surface area contributed by atoms with Gasteiger partial charge in [-0.15, -0.1) is 0 Å². The second-order valence-corrected chi connectivity index (χ2v) is 8.69. The predicted molar refractivity (Wildman–Crippen MR) is 116 cm³/mol. The van der Waals surface area contributed by atoms with Gasteiger partial charge in [-0.3, -0.25) is 24.5 Å². The van der Waals surface area contributed by atoms with Gasteiger partial charge < -0.3 is 10.4 Å². The summed E-state index contributed by atoms with van der Waals surface area (Å²) in [6.07, 6.45) is 5.80. The number of aromatic nitrogens is 2. The smallest absolute Gasteiger partial charge is 0.244 e. The van der Waals surface area contributed by atoms with Crippen LogP contribution < -0.4 is 10.6 Å². The Morgan fingerprint density at radius 3 is 2.93 bits per heavy atom. The number of nitrogens with one attached hydrogen (secondary N) is 2. The molecular weight excluding hydrogens is 485 g/mol. The van der Waals surface area contributed by atoms with Crippen molar-refractivity contribution < 1.29 is 14.7 Å². The van der Waals surface area contributed by atoms with Crippen LogP contribution in [-0.4, -0.2) is 44.2 Å². The van der Waals surface area contributed by atoms with Crippen molar-refractivity contribution in [2.45, 2.75) is 51.0 Å². The standard InChI is InChI=1S/C20H24IN5O3/c21-13-10-23-25(11-13)9-2-1-8-22-16-5-3-4-14-15(16)12-26(20(14)29)17-6-7-18(27)24-19(17)28/h3-5,10-11,17,20,22,29H,1-2,6-9,12H2,(H,24,27,28). The minimum atomic E-state index is -0.835. The summed E-state index contributed by atoms with van der Waals surface area (Å²) in [6.45, 7) is 2.20. The SMILES string of the molecule is O=C1CCC(N2Cc3c(NCCCCn4cc(I)cn4)cccc3C2O)C(=O)N1. The zero-order valence-electron chi connectivity index (χ0n) is 16.0. The van der Waals surface area contributed by atoms with Crippen LogP contribution in [0, 0.1) is 3.57 Å². The Hall–Kier alpha value is -1.98. The first-order valence-corrected chi connectivity index (χ1v) is 10.9. The van der Waals surface area contributed by atoms with E-state index in [4.69, 9.17) is 0 Å². The molecule has 1 fully saturated rings. The molecule has 1 saturated heterocycles. The molecule has 3 heterocycles. The molecule has 4 rings (SSSR count). The van der Waals surface area contributed by atoms with Gasteiger partial charge in [0.25, 0.3) is 0 Å². The molecule has 29 heavy (non-hydrogen) atoms. The number of amides is 2. The maximum Gasteiger partial charge on any atom is 0.244 e. The number of carbonyl (C=O) groups is 2. The van der Waals surface area contributed by atoms with Gasteiger partial charge in [-0.2, -0.15) is 5.10 Å². The molecule has 2 aliphatic rings. The molecule has 0 saturated carbocycles. The van der Waals surface area contributed by atoms with Crippen LogP contribution in [0.3, 0.4) is 0 Å². The number of nitrogens with zero attached hydrogens (tertiary/aromatic N) is 3. The number of aliphatic hydroxyl groups excluding tert-OH is 1. The molecule has 0 radical (unpaired) electrons. The molecule has 2 aromatic rings. The quantitative estimate of drug-likeness (QED) is 0.300. The van der Waals surface area contributed by atoms with E-state index in [2.05, 4.69) is 38.3 Å². The Morgan fingerprint density at radius 1 is 1.31 bits per heavy atom. The number of aryl methyl sites for hydroxylation is 1. The topological polar surface area (TPSA) is 99.5 Å². The van der Waals surface area contributed by atoms with E-state index in [-0.39, 0.29) is 11.8 Å². The van der Waals surface area contributed by atoms with Crippen LogP contribution in [0.25, 0.3) is 0 Å². The van der Waals surface area contributed by atoms with Gasteiger partial charge in [-0.1, -0.05) is 12.1 Å². The Labute approximate surface area is 182 Å². The van der Waals surface area contributed by atoms with Crippen molar-refractivity contribution in [1.82, 2.24) is 20.0 Å². The lowest BCUT2D eigenvalue weighted by molar-refractivity contribution is -0.141. The van der Waals surface area contributed by atoms with Crippen molar-refractivity contribution in [1.29, 1.82) is 0 Å². The molecule has 2 amide bonds. The summed E-state index contributed by atoms with van der Waals surface area (Å²) in [4.78, 5) is 25.4. The number of carbonyl (C=O) groups excluding carboxylic acids is 2. The number of fused-ring (bicyclic) bond motifs is 1. The van der Waals surface area contributed by atoms with Crippen molar-refractivity contribution in [3.8, 4) is 0 Å². The van der Waals surface area contributed by atoms with Crippen LogP contribution in [-0.2, 0) is 22.7 Å². The van der Waals surface area contributed by atoms with Gasteiger partial charge in [-0.25, -0.2) is 0 Å². The number of benzene rings is 1.